The van der Waals surface area contributed by atoms with Crippen molar-refractivity contribution in [2.24, 2.45) is 5.92 Å². The number of rotatable bonds is 3. The molecule has 1 aliphatic carbocycles. The van der Waals surface area contributed by atoms with Crippen molar-refractivity contribution in [1.29, 1.82) is 0 Å². The molecule has 0 fully saturated rings. The number of carbonyl (C=O) groups excluding carboxylic acids is 1. The van der Waals surface area contributed by atoms with Gasteiger partial charge in [-0.2, -0.15) is 0 Å². The number of para-hydroxylation sites is 1. The summed E-state index contributed by atoms with van der Waals surface area (Å²) in [6, 6.07) is 13.2. The molecule has 6 heteroatoms. The molecule has 0 spiro atoms. The van der Waals surface area contributed by atoms with Crippen LogP contribution in [-0.2, 0) is 12.8 Å². The van der Waals surface area contributed by atoms with Crippen molar-refractivity contribution in [3.8, 4) is 5.75 Å². The highest BCUT2D eigenvalue weighted by Crippen LogP contribution is 2.31. The van der Waals surface area contributed by atoms with E-state index in [-0.39, 0.29) is 18.1 Å². The highest BCUT2D eigenvalue weighted by Gasteiger charge is 2.26. The molecule has 2 N–H and O–H groups in total. The molecule has 0 saturated carbocycles. The lowest BCUT2D eigenvalue weighted by Gasteiger charge is -2.13. The smallest absolute Gasteiger partial charge is 0.341 e. The van der Waals surface area contributed by atoms with Gasteiger partial charge in [0.05, 0.1) is 5.52 Å². The van der Waals surface area contributed by atoms with Gasteiger partial charge < -0.3 is 10.2 Å². The van der Waals surface area contributed by atoms with Crippen molar-refractivity contribution in [1.82, 2.24) is 4.57 Å². The minimum absolute atomic E-state index is 0.00782. The molecule has 1 heterocycles. The van der Waals surface area contributed by atoms with Crippen molar-refractivity contribution in [2.45, 2.75) is 19.3 Å². The van der Waals surface area contributed by atoms with Crippen LogP contribution in [-0.4, -0.2) is 26.7 Å². The molecular formula is C21H17NO5. The first-order valence-electron chi connectivity index (χ1n) is 8.66. The lowest BCUT2D eigenvalue weighted by molar-refractivity contribution is 0.0694. The van der Waals surface area contributed by atoms with E-state index in [2.05, 4.69) is 0 Å². The SMILES string of the molecule is O=C(O)c1cc2ccccc2n(C(=O)CC2Cc3ccc(O)cc3C2)c1=O. The number of aromatic hydroxyl groups is 1. The minimum atomic E-state index is -1.35. The number of benzene rings is 2. The van der Waals surface area contributed by atoms with Gasteiger partial charge in [-0.1, -0.05) is 24.3 Å². The Bertz CT molecular complexity index is 1150. The predicted molar refractivity (Wildman–Crippen MR) is 99.4 cm³/mol. The van der Waals surface area contributed by atoms with E-state index in [1.54, 1.807) is 36.4 Å². The first-order chi connectivity index (χ1) is 12.9. The molecule has 0 bridgehead atoms. The van der Waals surface area contributed by atoms with E-state index >= 15 is 0 Å². The Labute approximate surface area is 154 Å². The van der Waals surface area contributed by atoms with Crippen LogP contribution >= 0.6 is 0 Å². The van der Waals surface area contributed by atoms with Crippen molar-refractivity contribution < 1.29 is 19.8 Å². The van der Waals surface area contributed by atoms with Gasteiger partial charge in [-0.3, -0.25) is 9.59 Å². The molecule has 0 saturated heterocycles. The molecule has 0 aliphatic heterocycles. The Morgan fingerprint density at radius 3 is 2.56 bits per heavy atom. The predicted octanol–water partition coefficient (Wildman–Crippen LogP) is 2.85. The van der Waals surface area contributed by atoms with Crippen LogP contribution < -0.4 is 5.56 Å². The van der Waals surface area contributed by atoms with Gasteiger partial charge in [0.1, 0.15) is 11.3 Å². The van der Waals surface area contributed by atoms with Gasteiger partial charge in [-0.05, 0) is 59.5 Å². The fourth-order valence-corrected chi connectivity index (χ4v) is 3.84. The molecule has 0 amide bonds. The van der Waals surface area contributed by atoms with E-state index < -0.39 is 23.0 Å². The first-order valence-corrected chi connectivity index (χ1v) is 8.66. The van der Waals surface area contributed by atoms with Crippen molar-refractivity contribution >= 4 is 22.8 Å². The summed E-state index contributed by atoms with van der Waals surface area (Å²) >= 11 is 0. The second-order valence-electron chi connectivity index (χ2n) is 6.89. The van der Waals surface area contributed by atoms with E-state index in [1.807, 2.05) is 6.07 Å². The number of aromatic carboxylic acids is 1. The van der Waals surface area contributed by atoms with Crippen LogP contribution in [0, 0.1) is 5.92 Å². The maximum Gasteiger partial charge on any atom is 0.341 e. The quantitative estimate of drug-likeness (QED) is 0.746. The van der Waals surface area contributed by atoms with Crippen molar-refractivity contribution in [3.05, 3.63) is 75.6 Å². The average molecular weight is 363 g/mol. The van der Waals surface area contributed by atoms with E-state index in [9.17, 15) is 24.6 Å². The number of carboxylic acids is 1. The molecule has 1 aliphatic rings. The third-order valence-corrected chi connectivity index (χ3v) is 5.06. The molecule has 1 atom stereocenters. The molecule has 27 heavy (non-hydrogen) atoms. The third kappa shape index (κ3) is 2.99. The number of aromatic nitrogens is 1. The molecule has 4 rings (SSSR count). The maximum atomic E-state index is 12.9. The van der Waals surface area contributed by atoms with E-state index in [4.69, 9.17) is 0 Å². The van der Waals surface area contributed by atoms with E-state index in [1.165, 1.54) is 6.07 Å². The first kappa shape index (κ1) is 17.0. The zero-order chi connectivity index (χ0) is 19.1. The zero-order valence-corrected chi connectivity index (χ0v) is 14.4. The molecule has 2 aromatic carbocycles. The maximum absolute atomic E-state index is 12.9. The summed E-state index contributed by atoms with van der Waals surface area (Å²) in [5, 5.41) is 19.5. The second kappa shape index (κ2) is 6.39. The van der Waals surface area contributed by atoms with Gasteiger partial charge in [0.15, 0.2) is 0 Å². The molecule has 0 radical (unpaired) electrons. The Balaban J connectivity index is 1.70. The number of nitrogens with zero attached hydrogens (tertiary/aromatic N) is 1. The molecule has 136 valence electrons. The van der Waals surface area contributed by atoms with E-state index in [0.717, 1.165) is 15.7 Å². The fraction of sp³-hybridized carbons (Fsp3) is 0.190. The van der Waals surface area contributed by atoms with Crippen LogP contribution in [0.1, 0.15) is 32.7 Å². The van der Waals surface area contributed by atoms with Crippen molar-refractivity contribution in [2.75, 3.05) is 0 Å². The van der Waals surface area contributed by atoms with Crippen LogP contribution in [0.15, 0.2) is 53.3 Å². The van der Waals surface area contributed by atoms with Gasteiger partial charge in [0.2, 0.25) is 5.91 Å². The standard InChI is InChI=1S/C21H17NO5/c23-16-6-5-13-7-12(8-15(13)10-16)9-19(24)22-18-4-2-1-3-14(18)11-17(20(22)25)21(26)27/h1-6,10-12,23H,7-9H2,(H,26,27). The van der Waals surface area contributed by atoms with Crippen LogP contribution in [0.25, 0.3) is 10.9 Å². The van der Waals surface area contributed by atoms with Gasteiger partial charge in [-0.25, -0.2) is 9.36 Å². The Hall–Kier alpha value is -3.41. The fourth-order valence-electron chi connectivity index (χ4n) is 3.84. The molecule has 1 aromatic heterocycles. The zero-order valence-electron chi connectivity index (χ0n) is 14.4. The lowest BCUT2D eigenvalue weighted by Crippen LogP contribution is -2.32. The third-order valence-electron chi connectivity index (χ3n) is 5.06. The minimum Gasteiger partial charge on any atom is -0.508 e. The Kier molecular flexibility index (Phi) is 4.03. The normalized spacial score (nSPS) is 15.6. The number of fused-ring (bicyclic) bond motifs is 2. The monoisotopic (exact) mass is 363 g/mol. The van der Waals surface area contributed by atoms with E-state index in [0.29, 0.717) is 23.7 Å². The van der Waals surface area contributed by atoms with Crippen LogP contribution in [0.4, 0.5) is 0 Å². The molecule has 3 aromatic rings. The summed E-state index contributed by atoms with van der Waals surface area (Å²) in [6.07, 6.45) is 1.45. The number of phenols is 1. The van der Waals surface area contributed by atoms with Crippen LogP contribution in [0.3, 0.4) is 0 Å². The van der Waals surface area contributed by atoms with Gasteiger partial charge in [-0.15, -0.1) is 0 Å². The largest absolute Gasteiger partial charge is 0.508 e. The highest BCUT2D eigenvalue weighted by atomic mass is 16.4. The van der Waals surface area contributed by atoms with Crippen LogP contribution in [0.5, 0.6) is 5.75 Å². The van der Waals surface area contributed by atoms with Gasteiger partial charge in [0.25, 0.3) is 5.56 Å². The summed E-state index contributed by atoms with van der Waals surface area (Å²) in [6.45, 7) is 0. The molecule has 1 unspecified atom stereocenters. The number of carboxylic acid groups (broad SMARTS) is 1. The van der Waals surface area contributed by atoms with Crippen LogP contribution in [0.2, 0.25) is 0 Å². The highest BCUT2D eigenvalue weighted by molar-refractivity contribution is 5.97. The summed E-state index contributed by atoms with van der Waals surface area (Å²) in [7, 11) is 0. The Morgan fingerprint density at radius 2 is 1.78 bits per heavy atom. The number of carbonyl (C=O) groups is 2. The number of hydrogen-bond acceptors (Lipinski definition) is 4. The lowest BCUT2D eigenvalue weighted by atomic mass is 10.0. The van der Waals surface area contributed by atoms with Gasteiger partial charge >= 0.3 is 5.97 Å². The molecule has 6 nitrogen and oxygen atoms in total. The summed E-state index contributed by atoms with van der Waals surface area (Å²) in [4.78, 5) is 37.0. The summed E-state index contributed by atoms with van der Waals surface area (Å²) < 4.78 is 0.985. The topological polar surface area (TPSA) is 96.6 Å². The number of pyridine rings is 1. The second-order valence-corrected chi connectivity index (χ2v) is 6.89. The van der Waals surface area contributed by atoms with Gasteiger partial charge in [0, 0.05) is 6.42 Å². The summed E-state index contributed by atoms with van der Waals surface area (Å²) in [5.74, 6) is -1.57. The Morgan fingerprint density at radius 1 is 1.04 bits per heavy atom. The average Bonchev–Trinajstić information content (AvgIpc) is 3.01. The van der Waals surface area contributed by atoms with Crippen molar-refractivity contribution in [3.63, 3.8) is 0 Å². The number of hydrogen-bond donors (Lipinski definition) is 2. The summed E-state index contributed by atoms with van der Waals surface area (Å²) in [5.41, 5.74) is 1.28. The molecular weight excluding hydrogens is 346 g/mol. The number of phenolic OH excluding ortho intramolecular Hbond substituents is 1.